The van der Waals surface area contributed by atoms with Gasteiger partial charge in [-0.25, -0.2) is 4.79 Å². The summed E-state index contributed by atoms with van der Waals surface area (Å²) >= 11 is 0. The maximum absolute atomic E-state index is 13.3. The van der Waals surface area contributed by atoms with Crippen LogP contribution < -0.4 is 26.6 Å². The van der Waals surface area contributed by atoms with Gasteiger partial charge in [0.1, 0.15) is 30.3 Å². The zero-order valence-corrected chi connectivity index (χ0v) is 28.8. The minimum absolute atomic E-state index is 0.0307. The largest absolute Gasteiger partial charge is 0.460 e. The lowest BCUT2D eigenvalue weighted by Gasteiger charge is -2.27. The Morgan fingerprint density at radius 2 is 1.29 bits per heavy atom. The van der Waals surface area contributed by atoms with Crippen LogP contribution in [0, 0.1) is 17.8 Å². The summed E-state index contributed by atoms with van der Waals surface area (Å²) in [5.41, 5.74) is 0. The number of carbonyl (C=O) groups excluding carboxylic acids is 6. The van der Waals surface area contributed by atoms with Crippen LogP contribution in [0.3, 0.4) is 0 Å². The number of hydrogen-bond donors (Lipinski definition) is 5. The van der Waals surface area contributed by atoms with E-state index in [1.807, 2.05) is 13.8 Å². The molecule has 12 heteroatoms. The van der Waals surface area contributed by atoms with Gasteiger partial charge in [-0.15, -0.1) is 0 Å². The van der Waals surface area contributed by atoms with Gasteiger partial charge in [-0.2, -0.15) is 0 Å². The van der Waals surface area contributed by atoms with Crippen LogP contribution in [0.4, 0.5) is 0 Å². The van der Waals surface area contributed by atoms with E-state index in [1.54, 1.807) is 27.7 Å². The third-order valence-electron chi connectivity index (χ3n) is 7.85. The van der Waals surface area contributed by atoms with Gasteiger partial charge in [0.15, 0.2) is 0 Å². The second kappa shape index (κ2) is 20.8. The van der Waals surface area contributed by atoms with Gasteiger partial charge in [0.2, 0.25) is 29.5 Å². The van der Waals surface area contributed by atoms with E-state index in [0.717, 1.165) is 32.1 Å². The predicted octanol–water partition coefficient (Wildman–Crippen LogP) is 2.88. The number of hydrogen-bond acceptors (Lipinski definition) is 7. The molecule has 5 N–H and O–H groups in total. The first kappa shape index (κ1) is 39.8. The highest BCUT2D eigenvalue weighted by Gasteiger charge is 2.33. The molecule has 0 unspecified atom stereocenters. The second-order valence-corrected chi connectivity index (χ2v) is 13.4. The Bertz CT molecular complexity index is 984. The fourth-order valence-corrected chi connectivity index (χ4v) is 5.11. The molecule has 5 atom stereocenters. The van der Waals surface area contributed by atoms with Crippen LogP contribution >= 0.6 is 0 Å². The number of esters is 1. The summed E-state index contributed by atoms with van der Waals surface area (Å²) in [6.45, 7) is 14.1. The van der Waals surface area contributed by atoms with Crippen molar-refractivity contribution in [2.75, 3.05) is 6.54 Å². The monoisotopic (exact) mass is 637 g/mol. The Morgan fingerprint density at radius 1 is 0.689 bits per heavy atom. The number of amides is 5. The average Bonchev–Trinajstić information content (AvgIpc) is 2.95. The minimum Gasteiger partial charge on any atom is -0.460 e. The van der Waals surface area contributed by atoms with E-state index in [0.29, 0.717) is 12.8 Å². The van der Waals surface area contributed by atoms with E-state index >= 15 is 0 Å². The Balaban J connectivity index is 3.25. The highest BCUT2D eigenvalue weighted by atomic mass is 16.5. The molecule has 1 aliphatic heterocycles. The normalized spacial score (nSPS) is 25.0. The van der Waals surface area contributed by atoms with Crippen molar-refractivity contribution in [3.63, 3.8) is 0 Å². The van der Waals surface area contributed by atoms with Gasteiger partial charge in [0.05, 0.1) is 13.0 Å². The lowest BCUT2D eigenvalue weighted by Crippen LogP contribution is -2.58. The van der Waals surface area contributed by atoms with E-state index in [1.165, 1.54) is 19.8 Å². The molecule has 258 valence electrons. The number of cyclic esters (lactones) is 1. The molecule has 0 aromatic heterocycles. The lowest BCUT2D eigenvalue weighted by atomic mass is 9.99. The fraction of sp³-hybridized carbons (Fsp3) is 0.818. The van der Waals surface area contributed by atoms with E-state index in [4.69, 9.17) is 4.74 Å². The molecule has 45 heavy (non-hydrogen) atoms. The Hall–Kier alpha value is -3.18. The van der Waals surface area contributed by atoms with Gasteiger partial charge in [-0.05, 0) is 43.9 Å². The summed E-state index contributed by atoms with van der Waals surface area (Å²) in [5.74, 6) is -4.02. The number of ether oxygens (including phenoxy) is 1. The first-order valence-electron chi connectivity index (χ1n) is 16.8. The van der Waals surface area contributed by atoms with Crippen molar-refractivity contribution in [2.45, 2.75) is 150 Å². The van der Waals surface area contributed by atoms with Crippen molar-refractivity contribution >= 4 is 35.5 Å². The summed E-state index contributed by atoms with van der Waals surface area (Å²) in [7, 11) is 0. The molecule has 1 fully saturated rings. The molecular weight excluding hydrogens is 578 g/mol. The second-order valence-electron chi connectivity index (χ2n) is 13.4. The van der Waals surface area contributed by atoms with Crippen molar-refractivity contribution in [2.24, 2.45) is 17.8 Å². The minimum atomic E-state index is -1.02. The number of nitrogens with one attached hydrogen (secondary N) is 5. The van der Waals surface area contributed by atoms with Gasteiger partial charge >= 0.3 is 5.97 Å². The number of carbonyl (C=O) groups is 6. The predicted molar refractivity (Wildman–Crippen MR) is 173 cm³/mol. The van der Waals surface area contributed by atoms with Crippen LogP contribution in [0.5, 0.6) is 0 Å². The molecule has 1 saturated heterocycles. The summed E-state index contributed by atoms with van der Waals surface area (Å²) in [6, 6.07) is -3.96. The molecule has 0 aliphatic carbocycles. The lowest BCUT2D eigenvalue weighted by molar-refractivity contribution is -0.156. The zero-order chi connectivity index (χ0) is 34.1. The maximum Gasteiger partial charge on any atom is 0.329 e. The highest BCUT2D eigenvalue weighted by Crippen LogP contribution is 2.16. The topological polar surface area (TPSA) is 172 Å². The summed E-state index contributed by atoms with van der Waals surface area (Å²) in [6.07, 6.45) is 7.23. The van der Waals surface area contributed by atoms with E-state index < -0.39 is 65.8 Å². The van der Waals surface area contributed by atoms with Crippen LogP contribution in [0.1, 0.15) is 120 Å². The molecule has 1 aliphatic rings. The Morgan fingerprint density at radius 3 is 1.87 bits per heavy atom. The van der Waals surface area contributed by atoms with Gasteiger partial charge in [-0.3, -0.25) is 24.0 Å². The van der Waals surface area contributed by atoms with Crippen molar-refractivity contribution in [3.8, 4) is 0 Å². The van der Waals surface area contributed by atoms with Gasteiger partial charge in [0.25, 0.3) is 0 Å². The molecule has 0 spiro atoms. The molecule has 5 amide bonds. The zero-order valence-electron chi connectivity index (χ0n) is 28.8. The number of rotatable bonds is 12. The van der Waals surface area contributed by atoms with E-state index in [-0.39, 0.29) is 30.7 Å². The Kier molecular flexibility index (Phi) is 18.4. The molecule has 0 aromatic rings. The van der Waals surface area contributed by atoms with Gasteiger partial charge in [-0.1, -0.05) is 87.0 Å². The number of unbranched alkanes of at least 4 members (excludes halogenated alkanes) is 6. The van der Waals surface area contributed by atoms with Crippen LogP contribution in [-0.4, -0.2) is 72.3 Å². The highest BCUT2D eigenvalue weighted by molar-refractivity contribution is 5.95. The van der Waals surface area contributed by atoms with Crippen LogP contribution in [0.15, 0.2) is 0 Å². The van der Waals surface area contributed by atoms with Gasteiger partial charge in [0, 0.05) is 0 Å². The summed E-state index contributed by atoms with van der Waals surface area (Å²) in [4.78, 5) is 78.7. The molecule has 1 heterocycles. The van der Waals surface area contributed by atoms with E-state index in [2.05, 4.69) is 33.5 Å². The standard InChI is InChI=1S/C33H59N5O7/c1-9-10-11-12-13-14-15-16-24-18-26(39)34-19-27(40)37-28(21(4)5)32(43)36-25(17-20(2)3)31(42)35-23(8)30(41)38-29(22(6)7)33(44)45-24/h20-25,28-29H,9-19H2,1-8H3,(H,34,39)(H,35,42)(H,36,43)(H,37,40)(H,38,41)/t23-,24-,25+,28+,29+/m0/s1. The first-order valence-corrected chi connectivity index (χ1v) is 16.8. The molecule has 1 rings (SSSR count). The molecule has 12 nitrogen and oxygen atoms in total. The average molecular weight is 638 g/mol. The van der Waals surface area contributed by atoms with E-state index in [9.17, 15) is 28.8 Å². The third kappa shape index (κ3) is 15.6. The van der Waals surface area contributed by atoms with Crippen molar-refractivity contribution in [1.29, 1.82) is 0 Å². The summed E-state index contributed by atoms with van der Waals surface area (Å²) < 4.78 is 5.80. The summed E-state index contributed by atoms with van der Waals surface area (Å²) in [5, 5.41) is 13.3. The third-order valence-corrected chi connectivity index (χ3v) is 7.85. The van der Waals surface area contributed by atoms with Crippen LogP contribution in [0.2, 0.25) is 0 Å². The quantitative estimate of drug-likeness (QED) is 0.162. The molecule has 0 radical (unpaired) electrons. The van der Waals surface area contributed by atoms with Crippen LogP contribution in [-0.2, 0) is 33.5 Å². The molecular formula is C33H59N5O7. The fourth-order valence-electron chi connectivity index (χ4n) is 5.11. The van der Waals surface area contributed by atoms with Crippen LogP contribution in [0.25, 0.3) is 0 Å². The maximum atomic E-state index is 13.3. The van der Waals surface area contributed by atoms with Crippen molar-refractivity contribution < 1.29 is 33.5 Å². The Labute approximate surface area is 269 Å². The van der Waals surface area contributed by atoms with Crippen molar-refractivity contribution in [3.05, 3.63) is 0 Å². The molecule has 0 bridgehead atoms. The molecule has 0 aromatic carbocycles. The van der Waals surface area contributed by atoms with Crippen molar-refractivity contribution in [1.82, 2.24) is 26.6 Å². The SMILES string of the molecule is CCCCCCCCC[C@H]1CC(=O)NCC(=O)N[C@H](C(C)C)C(=O)N[C@H](CC(C)C)C(=O)N[C@@H](C)C(=O)N[C@H](C(C)C)C(=O)O1. The first-order chi connectivity index (χ1) is 21.2. The molecule has 0 saturated carbocycles. The van der Waals surface area contributed by atoms with Gasteiger partial charge < -0.3 is 31.3 Å². The smallest absolute Gasteiger partial charge is 0.329 e.